The molecule has 0 aliphatic carbocycles. The van der Waals surface area contributed by atoms with Crippen LogP contribution < -0.4 is 20.7 Å². The number of hydrogen-bond acceptors (Lipinski definition) is 4. The molecule has 174 valence electrons. The highest BCUT2D eigenvalue weighted by molar-refractivity contribution is 6.33. The van der Waals surface area contributed by atoms with Gasteiger partial charge < -0.3 is 20.7 Å². The van der Waals surface area contributed by atoms with Crippen LogP contribution in [0.25, 0.3) is 0 Å². The highest BCUT2D eigenvalue weighted by Crippen LogP contribution is 2.26. The summed E-state index contributed by atoms with van der Waals surface area (Å²) in [6.07, 6.45) is 7.24. The molecule has 32 heavy (non-hydrogen) atoms. The normalized spacial score (nSPS) is 10.5. The van der Waals surface area contributed by atoms with Crippen molar-refractivity contribution in [1.82, 2.24) is 0 Å². The van der Waals surface area contributed by atoms with Crippen LogP contribution >= 0.6 is 11.6 Å². The number of carbonyl (C=O) groups is 2. The van der Waals surface area contributed by atoms with E-state index in [0.29, 0.717) is 22.8 Å². The Morgan fingerprint density at radius 2 is 1.56 bits per heavy atom. The predicted octanol–water partition coefficient (Wildman–Crippen LogP) is 6.48. The van der Waals surface area contributed by atoms with E-state index in [1.165, 1.54) is 25.7 Å². The summed E-state index contributed by atoms with van der Waals surface area (Å²) in [6, 6.07) is 12.6. The lowest BCUT2D eigenvalue weighted by atomic mass is 10.2. The molecule has 0 saturated heterocycles. The van der Waals surface area contributed by atoms with Crippen molar-refractivity contribution in [2.75, 3.05) is 29.1 Å². The smallest absolute Gasteiger partial charge is 0.243 e. The maximum atomic E-state index is 12.3. The Bertz CT molecular complexity index is 856. The second-order valence-corrected chi connectivity index (χ2v) is 8.09. The Labute approximate surface area is 196 Å². The predicted molar refractivity (Wildman–Crippen MR) is 133 cm³/mol. The summed E-state index contributed by atoms with van der Waals surface area (Å²) in [6.45, 7) is 4.95. The molecule has 2 aromatic carbocycles. The van der Waals surface area contributed by atoms with E-state index in [1.54, 1.807) is 18.2 Å². The molecule has 7 heteroatoms. The van der Waals surface area contributed by atoms with E-state index >= 15 is 0 Å². The Balaban J connectivity index is 1.77. The standard InChI is InChI=1S/C25H34ClN3O3/c1-3-5-6-7-8-16-32-21-13-10-19(11-14-21)27-18-25(31)29-23-17-20(12-15-22(23)26)28-24(30)9-4-2/h10-15,17,27H,3-9,16,18H2,1-2H3,(H,28,30)(H,29,31). The minimum absolute atomic E-state index is 0.0716. The summed E-state index contributed by atoms with van der Waals surface area (Å²) in [4.78, 5) is 24.1. The van der Waals surface area contributed by atoms with Crippen LogP contribution in [0.1, 0.15) is 58.8 Å². The minimum Gasteiger partial charge on any atom is -0.494 e. The molecule has 0 heterocycles. The van der Waals surface area contributed by atoms with Gasteiger partial charge in [0.2, 0.25) is 11.8 Å². The highest BCUT2D eigenvalue weighted by atomic mass is 35.5. The topological polar surface area (TPSA) is 79.5 Å². The van der Waals surface area contributed by atoms with E-state index in [0.717, 1.165) is 30.9 Å². The molecule has 0 spiro atoms. The Kier molecular flexibility index (Phi) is 11.5. The second-order valence-electron chi connectivity index (χ2n) is 7.68. The molecule has 0 aliphatic heterocycles. The molecule has 0 saturated carbocycles. The zero-order valence-electron chi connectivity index (χ0n) is 19.0. The molecule has 0 unspecified atom stereocenters. The van der Waals surface area contributed by atoms with Crippen LogP contribution in [0.5, 0.6) is 5.75 Å². The molecule has 0 fully saturated rings. The molecule has 2 amide bonds. The van der Waals surface area contributed by atoms with Crippen molar-refractivity contribution in [1.29, 1.82) is 0 Å². The number of unbranched alkanes of at least 4 members (excludes halogenated alkanes) is 4. The van der Waals surface area contributed by atoms with E-state index in [9.17, 15) is 9.59 Å². The van der Waals surface area contributed by atoms with Crippen LogP contribution in [-0.2, 0) is 9.59 Å². The number of halogens is 1. The minimum atomic E-state index is -0.239. The monoisotopic (exact) mass is 459 g/mol. The number of benzene rings is 2. The van der Waals surface area contributed by atoms with Gasteiger partial charge in [-0.1, -0.05) is 51.1 Å². The van der Waals surface area contributed by atoms with Crippen molar-refractivity contribution < 1.29 is 14.3 Å². The number of amides is 2. The first kappa shape index (κ1) is 25.5. The molecule has 6 nitrogen and oxygen atoms in total. The van der Waals surface area contributed by atoms with Crippen molar-refractivity contribution in [2.45, 2.75) is 58.8 Å². The fraction of sp³-hybridized carbons (Fsp3) is 0.440. The number of nitrogens with one attached hydrogen (secondary N) is 3. The van der Waals surface area contributed by atoms with Crippen LogP contribution in [-0.4, -0.2) is 25.0 Å². The van der Waals surface area contributed by atoms with Gasteiger partial charge in [-0.25, -0.2) is 0 Å². The Morgan fingerprint density at radius 3 is 2.28 bits per heavy atom. The van der Waals surface area contributed by atoms with E-state index in [2.05, 4.69) is 22.9 Å². The lowest BCUT2D eigenvalue weighted by molar-refractivity contribution is -0.116. The van der Waals surface area contributed by atoms with Gasteiger partial charge in [0.15, 0.2) is 0 Å². The van der Waals surface area contributed by atoms with Gasteiger partial charge in [0.25, 0.3) is 0 Å². The summed E-state index contributed by atoms with van der Waals surface area (Å²) in [5.41, 5.74) is 1.87. The average Bonchev–Trinajstić information content (AvgIpc) is 2.78. The van der Waals surface area contributed by atoms with Crippen molar-refractivity contribution in [2.24, 2.45) is 0 Å². The van der Waals surface area contributed by atoms with Crippen molar-refractivity contribution in [3.05, 3.63) is 47.5 Å². The number of rotatable bonds is 14. The van der Waals surface area contributed by atoms with Gasteiger partial charge in [-0.15, -0.1) is 0 Å². The summed E-state index contributed by atoms with van der Waals surface area (Å²) in [5.74, 6) is 0.512. The molecule has 0 atom stereocenters. The molecule has 0 bridgehead atoms. The van der Waals surface area contributed by atoms with Crippen LogP contribution in [0.4, 0.5) is 17.1 Å². The third kappa shape index (κ3) is 9.60. The Hall–Kier alpha value is -2.73. The zero-order valence-corrected chi connectivity index (χ0v) is 19.8. The quantitative estimate of drug-likeness (QED) is 0.282. The summed E-state index contributed by atoms with van der Waals surface area (Å²) in [7, 11) is 0. The van der Waals surface area contributed by atoms with Gasteiger partial charge in [-0.3, -0.25) is 9.59 Å². The van der Waals surface area contributed by atoms with E-state index in [-0.39, 0.29) is 18.4 Å². The second kappa shape index (κ2) is 14.4. The van der Waals surface area contributed by atoms with Crippen LogP contribution in [0.2, 0.25) is 5.02 Å². The first-order valence-electron chi connectivity index (χ1n) is 11.4. The van der Waals surface area contributed by atoms with Crippen LogP contribution in [0, 0.1) is 0 Å². The largest absolute Gasteiger partial charge is 0.494 e. The third-order valence-corrected chi connectivity index (χ3v) is 5.15. The number of anilines is 3. The van der Waals surface area contributed by atoms with Crippen molar-refractivity contribution >= 4 is 40.5 Å². The molecule has 2 aromatic rings. The molecule has 2 rings (SSSR count). The summed E-state index contributed by atoms with van der Waals surface area (Å²) in [5, 5.41) is 9.06. The van der Waals surface area contributed by atoms with Gasteiger partial charge in [0.05, 0.1) is 23.9 Å². The molecule has 0 aliphatic rings. The van der Waals surface area contributed by atoms with Crippen LogP contribution in [0.15, 0.2) is 42.5 Å². The lowest BCUT2D eigenvalue weighted by Gasteiger charge is -2.12. The zero-order chi connectivity index (χ0) is 23.2. The number of hydrogen-bond donors (Lipinski definition) is 3. The SMILES string of the molecule is CCCCCCCOc1ccc(NCC(=O)Nc2cc(NC(=O)CCC)ccc2Cl)cc1. The maximum absolute atomic E-state index is 12.3. The van der Waals surface area contributed by atoms with Gasteiger partial charge in [-0.2, -0.15) is 0 Å². The Morgan fingerprint density at radius 1 is 0.844 bits per heavy atom. The van der Waals surface area contributed by atoms with Crippen LogP contribution in [0.3, 0.4) is 0 Å². The van der Waals surface area contributed by atoms with Crippen molar-refractivity contribution in [3.8, 4) is 5.75 Å². The fourth-order valence-electron chi connectivity index (χ4n) is 3.09. The van der Waals surface area contributed by atoms with Crippen molar-refractivity contribution in [3.63, 3.8) is 0 Å². The lowest BCUT2D eigenvalue weighted by Crippen LogP contribution is -2.22. The number of ether oxygens (including phenoxy) is 1. The van der Waals surface area contributed by atoms with Gasteiger partial charge in [0, 0.05) is 17.8 Å². The highest BCUT2D eigenvalue weighted by Gasteiger charge is 2.09. The summed E-state index contributed by atoms with van der Waals surface area (Å²) < 4.78 is 5.76. The summed E-state index contributed by atoms with van der Waals surface area (Å²) >= 11 is 6.19. The van der Waals surface area contributed by atoms with E-state index in [1.807, 2.05) is 31.2 Å². The van der Waals surface area contributed by atoms with Gasteiger partial charge in [0.1, 0.15) is 5.75 Å². The third-order valence-electron chi connectivity index (χ3n) is 4.83. The van der Waals surface area contributed by atoms with E-state index in [4.69, 9.17) is 16.3 Å². The maximum Gasteiger partial charge on any atom is 0.243 e. The molecule has 0 aromatic heterocycles. The molecular formula is C25H34ClN3O3. The van der Waals surface area contributed by atoms with Gasteiger partial charge >= 0.3 is 0 Å². The number of carbonyl (C=O) groups excluding carboxylic acids is 2. The molecular weight excluding hydrogens is 426 g/mol. The first-order chi connectivity index (χ1) is 15.5. The molecule has 3 N–H and O–H groups in total. The fourth-order valence-corrected chi connectivity index (χ4v) is 3.26. The first-order valence-corrected chi connectivity index (χ1v) is 11.8. The van der Waals surface area contributed by atoms with E-state index < -0.39 is 0 Å². The van der Waals surface area contributed by atoms with Gasteiger partial charge in [-0.05, 0) is 55.3 Å². The average molecular weight is 460 g/mol. The molecule has 0 radical (unpaired) electrons.